The van der Waals surface area contributed by atoms with Crippen molar-refractivity contribution in [3.8, 4) is 0 Å². The van der Waals surface area contributed by atoms with Crippen LogP contribution in [0.2, 0.25) is 0 Å². The van der Waals surface area contributed by atoms with Crippen molar-refractivity contribution in [1.29, 1.82) is 0 Å². The molecule has 0 radical (unpaired) electrons. The van der Waals surface area contributed by atoms with Crippen molar-refractivity contribution >= 4 is 23.4 Å². The second-order valence-corrected chi connectivity index (χ2v) is 6.29. The summed E-state index contributed by atoms with van der Waals surface area (Å²) in [5, 5.41) is 13.5. The Morgan fingerprint density at radius 3 is 2.68 bits per heavy atom. The molecule has 1 amide bonds. The van der Waals surface area contributed by atoms with Gasteiger partial charge in [0.1, 0.15) is 0 Å². The standard InChI is InChI=1S/C16H20N2O3S/c19-16(17-10-13-4-2-1-3-5-13)12-22-11-14-6-8-15(9-7-14)18(20)21/h4,6-9H,1-3,5,10-12H2,(H,17,19). The van der Waals surface area contributed by atoms with Gasteiger partial charge in [0.2, 0.25) is 5.91 Å². The molecule has 0 spiro atoms. The summed E-state index contributed by atoms with van der Waals surface area (Å²) in [6, 6.07) is 6.45. The molecule has 0 heterocycles. The van der Waals surface area contributed by atoms with E-state index in [4.69, 9.17) is 0 Å². The smallest absolute Gasteiger partial charge is 0.269 e. The number of hydrogen-bond acceptors (Lipinski definition) is 4. The van der Waals surface area contributed by atoms with Gasteiger partial charge in [-0.25, -0.2) is 0 Å². The number of hydrogen-bond donors (Lipinski definition) is 1. The minimum Gasteiger partial charge on any atom is -0.352 e. The molecule has 1 aromatic carbocycles. The third kappa shape index (κ3) is 5.52. The highest BCUT2D eigenvalue weighted by molar-refractivity contribution is 7.99. The first kappa shape index (κ1) is 16.5. The van der Waals surface area contributed by atoms with Crippen LogP contribution >= 0.6 is 11.8 Å². The molecule has 0 aliphatic heterocycles. The molecule has 118 valence electrons. The molecule has 0 saturated carbocycles. The van der Waals surface area contributed by atoms with Crippen LogP contribution in [0.4, 0.5) is 5.69 Å². The number of rotatable bonds is 7. The van der Waals surface area contributed by atoms with Crippen molar-refractivity contribution < 1.29 is 9.72 Å². The maximum absolute atomic E-state index is 11.8. The molecular weight excluding hydrogens is 300 g/mol. The lowest BCUT2D eigenvalue weighted by molar-refractivity contribution is -0.384. The van der Waals surface area contributed by atoms with Crippen molar-refractivity contribution in [2.24, 2.45) is 0 Å². The molecule has 0 fully saturated rings. The Bertz CT molecular complexity index is 555. The summed E-state index contributed by atoms with van der Waals surface area (Å²) in [5.41, 5.74) is 2.41. The lowest BCUT2D eigenvalue weighted by Crippen LogP contribution is -2.27. The Balaban J connectivity index is 1.66. The van der Waals surface area contributed by atoms with Crippen LogP contribution < -0.4 is 5.32 Å². The molecule has 6 heteroatoms. The number of carbonyl (C=O) groups excluding carboxylic acids is 1. The highest BCUT2D eigenvalue weighted by Crippen LogP contribution is 2.17. The fourth-order valence-corrected chi connectivity index (χ4v) is 3.12. The minimum absolute atomic E-state index is 0.0402. The largest absolute Gasteiger partial charge is 0.352 e. The molecule has 0 aromatic heterocycles. The Morgan fingerprint density at radius 1 is 1.27 bits per heavy atom. The molecule has 1 aromatic rings. The molecule has 22 heavy (non-hydrogen) atoms. The van der Waals surface area contributed by atoms with E-state index in [9.17, 15) is 14.9 Å². The highest BCUT2D eigenvalue weighted by Gasteiger charge is 2.07. The van der Waals surface area contributed by atoms with E-state index in [1.807, 2.05) is 0 Å². The van der Waals surface area contributed by atoms with Gasteiger partial charge in [0.25, 0.3) is 5.69 Å². The minimum atomic E-state index is -0.412. The zero-order valence-electron chi connectivity index (χ0n) is 12.4. The number of allylic oxidation sites excluding steroid dienone is 1. The number of nitro groups is 1. The van der Waals surface area contributed by atoms with Crippen LogP contribution in [0, 0.1) is 10.1 Å². The zero-order chi connectivity index (χ0) is 15.8. The van der Waals surface area contributed by atoms with Crippen molar-refractivity contribution in [2.45, 2.75) is 31.4 Å². The summed E-state index contributed by atoms with van der Waals surface area (Å²) >= 11 is 1.51. The number of nitrogens with one attached hydrogen (secondary N) is 1. The fourth-order valence-electron chi connectivity index (χ4n) is 2.30. The number of non-ortho nitro benzene ring substituents is 1. The highest BCUT2D eigenvalue weighted by atomic mass is 32.2. The molecule has 2 rings (SSSR count). The van der Waals surface area contributed by atoms with E-state index in [1.165, 1.54) is 42.3 Å². The first-order valence-electron chi connectivity index (χ1n) is 7.41. The number of thioether (sulfide) groups is 1. The first-order chi connectivity index (χ1) is 10.6. The molecule has 5 nitrogen and oxygen atoms in total. The van der Waals surface area contributed by atoms with Gasteiger partial charge < -0.3 is 5.32 Å². The van der Waals surface area contributed by atoms with Crippen LogP contribution in [0.25, 0.3) is 0 Å². The van der Waals surface area contributed by atoms with Crippen LogP contribution in [-0.4, -0.2) is 23.1 Å². The third-order valence-electron chi connectivity index (χ3n) is 3.55. The molecule has 0 bridgehead atoms. The Hall–Kier alpha value is -1.82. The molecule has 0 unspecified atom stereocenters. The average molecular weight is 320 g/mol. The number of amides is 1. The van der Waals surface area contributed by atoms with Crippen molar-refractivity contribution in [3.63, 3.8) is 0 Å². The molecule has 1 N–H and O–H groups in total. The zero-order valence-corrected chi connectivity index (χ0v) is 13.2. The topological polar surface area (TPSA) is 72.2 Å². The number of carbonyl (C=O) groups is 1. The Kier molecular flexibility index (Phi) is 6.45. The lowest BCUT2D eigenvalue weighted by Gasteiger charge is -2.13. The summed E-state index contributed by atoms with van der Waals surface area (Å²) in [4.78, 5) is 21.9. The van der Waals surface area contributed by atoms with Gasteiger partial charge in [-0.2, -0.15) is 0 Å². The Labute approximate surface area is 134 Å². The predicted octanol–water partition coefficient (Wildman–Crippen LogP) is 3.44. The third-order valence-corrected chi connectivity index (χ3v) is 4.55. The van der Waals surface area contributed by atoms with Gasteiger partial charge in [-0.05, 0) is 31.2 Å². The van der Waals surface area contributed by atoms with Crippen LogP contribution in [-0.2, 0) is 10.5 Å². The van der Waals surface area contributed by atoms with Crippen molar-refractivity contribution in [1.82, 2.24) is 5.32 Å². The summed E-state index contributed by atoms with van der Waals surface area (Å²) in [7, 11) is 0. The van der Waals surface area contributed by atoms with E-state index in [-0.39, 0.29) is 11.6 Å². The van der Waals surface area contributed by atoms with Crippen LogP contribution in [0.1, 0.15) is 31.2 Å². The van der Waals surface area contributed by atoms with Gasteiger partial charge in [0.15, 0.2) is 0 Å². The molecule has 1 aliphatic rings. The maximum Gasteiger partial charge on any atom is 0.269 e. The monoisotopic (exact) mass is 320 g/mol. The van der Waals surface area contributed by atoms with E-state index >= 15 is 0 Å². The molecule has 0 saturated heterocycles. The van der Waals surface area contributed by atoms with E-state index in [1.54, 1.807) is 12.1 Å². The maximum atomic E-state index is 11.8. The Morgan fingerprint density at radius 2 is 2.05 bits per heavy atom. The van der Waals surface area contributed by atoms with Crippen LogP contribution in [0.3, 0.4) is 0 Å². The van der Waals surface area contributed by atoms with E-state index < -0.39 is 4.92 Å². The summed E-state index contributed by atoms with van der Waals surface area (Å²) in [5.74, 6) is 1.12. The summed E-state index contributed by atoms with van der Waals surface area (Å²) in [6.07, 6.45) is 6.92. The van der Waals surface area contributed by atoms with Gasteiger partial charge in [-0.1, -0.05) is 23.8 Å². The molecule has 0 atom stereocenters. The van der Waals surface area contributed by atoms with Crippen molar-refractivity contribution in [3.05, 3.63) is 51.6 Å². The first-order valence-corrected chi connectivity index (χ1v) is 8.56. The van der Waals surface area contributed by atoms with E-state index in [0.29, 0.717) is 18.1 Å². The van der Waals surface area contributed by atoms with E-state index in [0.717, 1.165) is 18.4 Å². The second kappa shape index (κ2) is 8.58. The van der Waals surface area contributed by atoms with Crippen LogP contribution in [0.15, 0.2) is 35.9 Å². The quantitative estimate of drug-likeness (QED) is 0.474. The SMILES string of the molecule is O=C(CSCc1ccc([N+](=O)[O-])cc1)NCC1=CCCCC1. The molecular formula is C16H20N2O3S. The van der Waals surface area contributed by atoms with E-state index in [2.05, 4.69) is 11.4 Å². The normalized spacial score (nSPS) is 14.3. The lowest BCUT2D eigenvalue weighted by atomic mass is 10.00. The summed E-state index contributed by atoms with van der Waals surface area (Å²) < 4.78 is 0. The van der Waals surface area contributed by atoms with Gasteiger partial charge in [0.05, 0.1) is 10.7 Å². The number of nitrogens with zero attached hydrogens (tertiary/aromatic N) is 1. The van der Waals surface area contributed by atoms with Gasteiger partial charge in [0, 0.05) is 24.4 Å². The van der Waals surface area contributed by atoms with Crippen LogP contribution in [0.5, 0.6) is 0 Å². The predicted molar refractivity (Wildman–Crippen MR) is 88.8 cm³/mol. The average Bonchev–Trinajstić information content (AvgIpc) is 2.54. The van der Waals surface area contributed by atoms with Gasteiger partial charge in [-0.3, -0.25) is 14.9 Å². The van der Waals surface area contributed by atoms with Crippen molar-refractivity contribution in [2.75, 3.05) is 12.3 Å². The molecule has 1 aliphatic carbocycles. The van der Waals surface area contributed by atoms with Gasteiger partial charge in [-0.15, -0.1) is 11.8 Å². The second-order valence-electron chi connectivity index (χ2n) is 5.30. The van der Waals surface area contributed by atoms with Gasteiger partial charge >= 0.3 is 0 Å². The number of nitro benzene ring substituents is 1. The number of benzene rings is 1. The fraction of sp³-hybridized carbons (Fsp3) is 0.438. The summed E-state index contributed by atoms with van der Waals surface area (Å²) in [6.45, 7) is 0.664.